The number of aromatic amines is 1. The van der Waals surface area contributed by atoms with Gasteiger partial charge in [0.05, 0.1) is 22.5 Å². The van der Waals surface area contributed by atoms with Crippen LogP contribution in [0.5, 0.6) is 5.75 Å². The number of amides is 3. The Bertz CT molecular complexity index is 1740. The number of halogens is 2. The van der Waals surface area contributed by atoms with Crippen LogP contribution in [0, 0.1) is 29.6 Å². The number of anilines is 1. The first-order chi connectivity index (χ1) is 21.3. The average Bonchev–Trinajstić information content (AvgIpc) is 3.76. The van der Waals surface area contributed by atoms with Crippen molar-refractivity contribution in [1.29, 1.82) is 0 Å². The Labute approximate surface area is 272 Å². The predicted molar refractivity (Wildman–Crippen MR) is 170 cm³/mol. The second kappa shape index (κ2) is 10.9. The van der Waals surface area contributed by atoms with Gasteiger partial charge in [0.1, 0.15) is 5.75 Å². The van der Waals surface area contributed by atoms with Crippen molar-refractivity contribution in [1.82, 2.24) is 9.88 Å². The van der Waals surface area contributed by atoms with E-state index in [2.05, 4.69) is 4.98 Å². The van der Waals surface area contributed by atoms with Crippen molar-refractivity contribution in [2.24, 2.45) is 29.6 Å². The van der Waals surface area contributed by atoms with Gasteiger partial charge in [0.25, 0.3) is 5.91 Å². The van der Waals surface area contributed by atoms with Crippen LogP contribution in [0.4, 0.5) is 5.69 Å². The molecule has 4 fully saturated rings. The van der Waals surface area contributed by atoms with E-state index in [0.29, 0.717) is 21.5 Å². The summed E-state index contributed by atoms with van der Waals surface area (Å²) >= 11 is 15.5. The van der Waals surface area contributed by atoms with Crippen LogP contribution in [0.3, 0.4) is 0 Å². The number of hydrogen-bond acceptors (Lipinski definition) is 7. The van der Waals surface area contributed by atoms with Gasteiger partial charge in [-0.05, 0) is 85.9 Å². The molecule has 5 aliphatic rings. The standard InChI is InChI=1S/C32H29Cl2N3O5S2/c33-15-4-7-17(8-5-15)37-30(39)25-19-13-20(26(25)31(37)40)27-24(19)23(28-29(43-27)35-32(41)44-28)18-12-16(34)6-9-21(18)42-14-22(38)36-10-2-1-3-11-36/h4-9,12,19-20,23-27H,1-3,10-11,13-14H2,(H,35,41)/t19?,20?,23-,24?,25?,26?,27?/m1/s1. The molecule has 8 rings (SSSR count). The first-order valence-electron chi connectivity index (χ1n) is 15.0. The molecule has 3 aromatic rings. The van der Waals surface area contributed by atoms with Gasteiger partial charge in [-0.25, -0.2) is 0 Å². The molecule has 0 radical (unpaired) electrons. The van der Waals surface area contributed by atoms with Crippen molar-refractivity contribution in [3.05, 3.63) is 72.6 Å². The highest BCUT2D eigenvalue weighted by molar-refractivity contribution is 8.00. The third-order valence-electron chi connectivity index (χ3n) is 10.2. The number of benzene rings is 2. The Kier molecular flexibility index (Phi) is 7.12. The van der Waals surface area contributed by atoms with E-state index in [1.807, 2.05) is 11.0 Å². The van der Waals surface area contributed by atoms with Crippen molar-refractivity contribution in [2.75, 3.05) is 24.6 Å². The Balaban J connectivity index is 1.16. The molecule has 2 saturated carbocycles. The van der Waals surface area contributed by atoms with Gasteiger partial charge in [-0.2, -0.15) is 0 Å². The van der Waals surface area contributed by atoms with E-state index in [0.717, 1.165) is 54.2 Å². The average molecular weight is 671 g/mol. The Morgan fingerprint density at radius 3 is 2.39 bits per heavy atom. The Morgan fingerprint density at radius 1 is 0.932 bits per heavy atom. The fourth-order valence-corrected chi connectivity index (χ4v) is 11.7. The van der Waals surface area contributed by atoms with Gasteiger partial charge in [0, 0.05) is 44.7 Å². The Morgan fingerprint density at radius 2 is 1.64 bits per heavy atom. The number of piperidine rings is 1. The number of imide groups is 1. The minimum atomic E-state index is -0.436. The van der Waals surface area contributed by atoms with Crippen LogP contribution in [0.2, 0.25) is 10.0 Å². The molecule has 3 aliphatic heterocycles. The maximum atomic E-state index is 14.0. The summed E-state index contributed by atoms with van der Waals surface area (Å²) in [5.74, 6) is -1.03. The molecule has 44 heavy (non-hydrogen) atoms. The van der Waals surface area contributed by atoms with Crippen LogP contribution in [0.25, 0.3) is 0 Å². The number of carbonyl (C=O) groups is 3. The van der Waals surface area contributed by atoms with Gasteiger partial charge in [0.15, 0.2) is 6.61 Å². The summed E-state index contributed by atoms with van der Waals surface area (Å²) < 4.78 is 6.24. The highest BCUT2D eigenvalue weighted by atomic mass is 35.5. The van der Waals surface area contributed by atoms with Crippen molar-refractivity contribution >= 4 is 69.7 Å². The summed E-state index contributed by atoms with van der Waals surface area (Å²) in [6.07, 6.45) is 3.89. The summed E-state index contributed by atoms with van der Waals surface area (Å²) in [5, 5.41) is 1.89. The first kappa shape index (κ1) is 28.7. The fraction of sp³-hybridized carbons (Fsp3) is 0.438. The van der Waals surface area contributed by atoms with Gasteiger partial charge in [0.2, 0.25) is 11.8 Å². The third kappa shape index (κ3) is 4.47. The lowest BCUT2D eigenvalue weighted by Gasteiger charge is -2.43. The van der Waals surface area contributed by atoms with Gasteiger partial charge in [-0.1, -0.05) is 34.5 Å². The number of thioether (sulfide) groups is 1. The lowest BCUT2D eigenvalue weighted by molar-refractivity contribution is -0.134. The second-order valence-electron chi connectivity index (χ2n) is 12.4. The summed E-state index contributed by atoms with van der Waals surface area (Å²) in [6.45, 7) is 1.40. The number of H-pyrrole nitrogens is 1. The molecular formula is C32H29Cl2N3O5S2. The van der Waals surface area contributed by atoms with Crippen LogP contribution in [0.15, 0.2) is 52.3 Å². The lowest BCUT2D eigenvalue weighted by Crippen LogP contribution is -2.43. The predicted octanol–water partition coefficient (Wildman–Crippen LogP) is 5.81. The van der Waals surface area contributed by atoms with Crippen LogP contribution >= 0.6 is 46.3 Å². The third-order valence-corrected chi connectivity index (χ3v) is 13.3. The van der Waals surface area contributed by atoms with Crippen LogP contribution in [-0.4, -0.2) is 52.6 Å². The molecule has 2 aliphatic carbocycles. The smallest absolute Gasteiger partial charge is 0.305 e. The molecule has 2 aromatic carbocycles. The van der Waals surface area contributed by atoms with Crippen molar-refractivity contribution in [2.45, 2.75) is 41.9 Å². The highest BCUT2D eigenvalue weighted by Crippen LogP contribution is 2.69. The number of carbonyl (C=O) groups excluding carboxylic acids is 3. The quantitative estimate of drug-likeness (QED) is 0.344. The van der Waals surface area contributed by atoms with Crippen LogP contribution < -0.4 is 14.5 Å². The molecule has 4 heterocycles. The number of hydrogen-bond donors (Lipinski definition) is 1. The van der Waals surface area contributed by atoms with Gasteiger partial charge in [-0.15, -0.1) is 11.8 Å². The van der Waals surface area contributed by atoms with E-state index in [4.69, 9.17) is 27.9 Å². The van der Waals surface area contributed by atoms with Gasteiger partial charge in [-0.3, -0.25) is 24.1 Å². The lowest BCUT2D eigenvalue weighted by atomic mass is 9.68. The van der Waals surface area contributed by atoms with E-state index < -0.39 is 11.8 Å². The van der Waals surface area contributed by atoms with Gasteiger partial charge >= 0.3 is 4.87 Å². The SMILES string of the molecule is O=C(COc1ccc(Cl)cc1[C@H]1c2sc(=O)[nH]c2SC2C3CC(C4C(=O)N(c5ccc(Cl)cc5)C(=O)C34)C21)N1CCCCC1. The molecule has 7 atom stereocenters. The Hall–Kier alpha value is -2.79. The molecule has 8 nitrogen and oxygen atoms in total. The molecule has 3 amide bonds. The number of likely N-dealkylation sites (tertiary alicyclic amines) is 1. The highest BCUT2D eigenvalue weighted by Gasteiger charge is 2.69. The number of rotatable bonds is 5. The van der Waals surface area contributed by atoms with Crippen LogP contribution in [0.1, 0.15) is 42.0 Å². The molecule has 0 spiro atoms. The first-order valence-corrected chi connectivity index (χ1v) is 17.5. The van der Waals surface area contributed by atoms with Crippen molar-refractivity contribution < 1.29 is 19.1 Å². The summed E-state index contributed by atoms with van der Waals surface area (Å²) in [6, 6.07) is 12.2. The van der Waals surface area contributed by atoms with Gasteiger partial charge < -0.3 is 14.6 Å². The molecule has 6 unspecified atom stereocenters. The fourth-order valence-electron chi connectivity index (χ4n) is 8.48. The molecular weight excluding hydrogens is 641 g/mol. The number of fused-ring (bicyclic) bond motifs is 9. The molecule has 1 N–H and O–H groups in total. The summed E-state index contributed by atoms with van der Waals surface area (Å²) in [5.41, 5.74) is 1.35. The van der Waals surface area contributed by atoms with Crippen molar-refractivity contribution in [3.8, 4) is 5.75 Å². The molecule has 2 saturated heterocycles. The van der Waals surface area contributed by atoms with E-state index >= 15 is 0 Å². The normalized spacial score (nSPS) is 30.4. The topological polar surface area (TPSA) is 99.8 Å². The molecule has 1 aromatic heterocycles. The monoisotopic (exact) mass is 669 g/mol. The van der Waals surface area contributed by atoms with E-state index in [1.165, 1.54) is 16.2 Å². The maximum Gasteiger partial charge on any atom is 0.305 e. The number of thiazole rings is 1. The molecule has 228 valence electrons. The second-order valence-corrected chi connectivity index (χ2v) is 15.4. The zero-order chi connectivity index (χ0) is 30.3. The number of nitrogens with one attached hydrogen (secondary N) is 1. The molecule has 2 bridgehead atoms. The number of nitrogens with zero attached hydrogens (tertiary/aromatic N) is 2. The zero-order valence-corrected chi connectivity index (χ0v) is 26.7. The van der Waals surface area contributed by atoms with E-state index in [1.54, 1.807) is 48.2 Å². The van der Waals surface area contributed by atoms with E-state index in [9.17, 15) is 19.2 Å². The maximum absolute atomic E-state index is 14.0. The van der Waals surface area contributed by atoms with E-state index in [-0.39, 0.29) is 58.1 Å². The number of ether oxygens (including phenoxy) is 1. The minimum absolute atomic E-state index is 0.0166. The minimum Gasteiger partial charge on any atom is -0.483 e. The molecule has 12 heteroatoms. The number of aromatic nitrogens is 1. The largest absolute Gasteiger partial charge is 0.483 e. The summed E-state index contributed by atoms with van der Waals surface area (Å²) in [7, 11) is 0. The zero-order valence-electron chi connectivity index (χ0n) is 23.5. The van der Waals surface area contributed by atoms with Crippen molar-refractivity contribution in [3.63, 3.8) is 0 Å². The van der Waals surface area contributed by atoms with Crippen LogP contribution in [-0.2, 0) is 14.4 Å². The summed E-state index contributed by atoms with van der Waals surface area (Å²) in [4.78, 5) is 60.6.